The van der Waals surface area contributed by atoms with Gasteiger partial charge in [-0.25, -0.2) is 0 Å². The van der Waals surface area contributed by atoms with Crippen molar-refractivity contribution >= 4 is 10.9 Å². The van der Waals surface area contributed by atoms with Crippen LogP contribution in [0.1, 0.15) is 48.3 Å². The van der Waals surface area contributed by atoms with Crippen molar-refractivity contribution < 1.29 is 19.7 Å². The molecule has 0 amide bonds. The van der Waals surface area contributed by atoms with E-state index in [1.165, 1.54) is 0 Å². The van der Waals surface area contributed by atoms with Crippen LogP contribution in [0.2, 0.25) is 0 Å². The van der Waals surface area contributed by atoms with Crippen LogP contribution in [0.4, 0.5) is 0 Å². The Morgan fingerprint density at radius 3 is 2.77 bits per heavy atom. The molecule has 5 rings (SSSR count). The van der Waals surface area contributed by atoms with Gasteiger partial charge in [0, 0.05) is 53.8 Å². The van der Waals surface area contributed by atoms with E-state index in [-0.39, 0.29) is 5.60 Å². The van der Waals surface area contributed by atoms with Gasteiger partial charge in [-0.05, 0) is 44.0 Å². The van der Waals surface area contributed by atoms with E-state index < -0.39 is 12.2 Å². The quantitative estimate of drug-likeness (QED) is 0.595. The third-order valence-corrected chi connectivity index (χ3v) is 6.94. The Morgan fingerprint density at radius 1 is 1.23 bits per heavy atom. The number of aryl methyl sites for hydroxylation is 1. The van der Waals surface area contributed by atoms with Gasteiger partial charge in [0.25, 0.3) is 0 Å². The Labute approximate surface area is 182 Å². The smallest absolute Gasteiger partial charge is 0.125 e. The Hall–Kier alpha value is -2.54. The fourth-order valence-corrected chi connectivity index (χ4v) is 5.25. The zero-order chi connectivity index (χ0) is 21.6. The molecule has 2 atom stereocenters. The Kier molecular flexibility index (Phi) is 5.16. The monoisotopic (exact) mass is 422 g/mol. The second-order valence-corrected chi connectivity index (χ2v) is 8.93. The fraction of sp³-hybridized carbons (Fsp3) is 0.440. The van der Waals surface area contributed by atoms with Gasteiger partial charge < -0.3 is 29.6 Å². The first kappa shape index (κ1) is 20.4. The topological polar surface area (TPSA) is 78.0 Å². The maximum absolute atomic E-state index is 11.1. The summed E-state index contributed by atoms with van der Waals surface area (Å²) in [6.07, 6.45) is 1.23. The van der Waals surface area contributed by atoms with Crippen LogP contribution in [0.3, 0.4) is 0 Å². The number of likely N-dealkylation sites (tertiary alicyclic amines) is 1. The minimum Gasteiger partial charge on any atom is -0.497 e. The number of hydrogen-bond donors (Lipinski definition) is 3. The van der Waals surface area contributed by atoms with Crippen LogP contribution in [0, 0.1) is 6.92 Å². The molecule has 0 aliphatic carbocycles. The van der Waals surface area contributed by atoms with Crippen molar-refractivity contribution in [2.24, 2.45) is 0 Å². The SMILES string of the molecule is COc1ccc2[nH]c(C)c([C@H](O)CN3CCC4(CC3)C[C@H](O)c3ccccc3O4)c2c1. The first-order valence-corrected chi connectivity index (χ1v) is 11.0. The largest absolute Gasteiger partial charge is 0.497 e. The lowest BCUT2D eigenvalue weighted by molar-refractivity contribution is -0.0587. The Morgan fingerprint density at radius 2 is 2.00 bits per heavy atom. The lowest BCUT2D eigenvalue weighted by atomic mass is 9.81. The number of piperidine rings is 1. The number of fused-ring (bicyclic) bond motifs is 2. The van der Waals surface area contributed by atoms with E-state index in [2.05, 4.69) is 9.88 Å². The van der Waals surface area contributed by atoms with Gasteiger partial charge in [-0.15, -0.1) is 0 Å². The number of aliphatic hydroxyl groups is 2. The number of benzene rings is 2. The average molecular weight is 423 g/mol. The van der Waals surface area contributed by atoms with Crippen LogP contribution in [-0.2, 0) is 0 Å². The van der Waals surface area contributed by atoms with E-state index in [0.717, 1.165) is 65.2 Å². The van der Waals surface area contributed by atoms with Crippen LogP contribution >= 0.6 is 0 Å². The number of nitrogens with one attached hydrogen (secondary N) is 1. The first-order chi connectivity index (χ1) is 15.0. The number of nitrogens with zero attached hydrogens (tertiary/aromatic N) is 1. The van der Waals surface area contributed by atoms with Crippen molar-refractivity contribution in [2.75, 3.05) is 26.7 Å². The van der Waals surface area contributed by atoms with Gasteiger partial charge in [-0.3, -0.25) is 0 Å². The molecule has 3 heterocycles. The van der Waals surface area contributed by atoms with E-state index in [4.69, 9.17) is 9.47 Å². The number of aromatic nitrogens is 1. The molecule has 0 saturated carbocycles. The predicted molar refractivity (Wildman–Crippen MR) is 120 cm³/mol. The summed E-state index contributed by atoms with van der Waals surface area (Å²) in [4.78, 5) is 5.67. The van der Waals surface area contributed by atoms with Crippen LogP contribution < -0.4 is 9.47 Å². The molecule has 2 aromatic carbocycles. The standard InChI is InChI=1S/C25H30N2O4/c1-16-24(19-13-17(30-2)7-8-20(19)26-16)22(29)15-27-11-9-25(10-12-27)14-21(28)18-5-3-4-6-23(18)31-25/h3-8,13,21-22,26,28-29H,9-12,14-15H2,1-2H3/t21-,22+/m0/s1. The molecule has 6 nitrogen and oxygen atoms in total. The van der Waals surface area contributed by atoms with E-state index in [9.17, 15) is 10.2 Å². The number of rotatable bonds is 4. The van der Waals surface area contributed by atoms with Gasteiger partial charge in [0.1, 0.15) is 17.1 Å². The van der Waals surface area contributed by atoms with E-state index >= 15 is 0 Å². The summed E-state index contributed by atoms with van der Waals surface area (Å²) in [6, 6.07) is 13.7. The van der Waals surface area contributed by atoms with Crippen molar-refractivity contribution in [1.82, 2.24) is 9.88 Å². The van der Waals surface area contributed by atoms with Crippen molar-refractivity contribution in [1.29, 1.82) is 0 Å². The van der Waals surface area contributed by atoms with Gasteiger partial charge in [0.2, 0.25) is 0 Å². The maximum Gasteiger partial charge on any atom is 0.125 e. The lowest BCUT2D eigenvalue weighted by Crippen LogP contribution is -2.51. The van der Waals surface area contributed by atoms with E-state index in [1.807, 2.05) is 49.4 Å². The summed E-state index contributed by atoms with van der Waals surface area (Å²) in [6.45, 7) is 4.23. The number of hydrogen-bond acceptors (Lipinski definition) is 5. The average Bonchev–Trinajstić information content (AvgIpc) is 3.10. The number of β-amino-alcohol motifs (C(OH)–C–C–N with tert-alkyl or cyclic N) is 1. The zero-order valence-electron chi connectivity index (χ0n) is 18.1. The molecule has 0 radical (unpaired) electrons. The molecule has 1 spiro atoms. The Balaban J connectivity index is 1.28. The molecule has 2 aliphatic heterocycles. The van der Waals surface area contributed by atoms with Crippen LogP contribution in [0.5, 0.6) is 11.5 Å². The number of H-pyrrole nitrogens is 1. The fourth-order valence-electron chi connectivity index (χ4n) is 5.25. The Bertz CT molecular complexity index is 1080. The summed E-state index contributed by atoms with van der Waals surface area (Å²) in [5, 5.41) is 22.8. The van der Waals surface area contributed by atoms with Crippen molar-refractivity contribution in [2.45, 2.75) is 44.0 Å². The molecule has 3 N–H and O–H groups in total. The molecular formula is C25H30N2O4. The number of ether oxygens (including phenoxy) is 2. The lowest BCUT2D eigenvalue weighted by Gasteiger charge is -2.46. The summed E-state index contributed by atoms with van der Waals surface area (Å²) in [5.74, 6) is 1.59. The summed E-state index contributed by atoms with van der Waals surface area (Å²) in [7, 11) is 1.66. The van der Waals surface area contributed by atoms with Crippen molar-refractivity contribution in [3.63, 3.8) is 0 Å². The van der Waals surface area contributed by atoms with Gasteiger partial charge in [-0.2, -0.15) is 0 Å². The van der Waals surface area contributed by atoms with Gasteiger partial charge in [-0.1, -0.05) is 18.2 Å². The molecule has 2 aliphatic rings. The highest BCUT2D eigenvalue weighted by molar-refractivity contribution is 5.86. The number of aliphatic hydroxyl groups excluding tert-OH is 2. The minimum atomic E-state index is -0.589. The first-order valence-electron chi connectivity index (χ1n) is 11.0. The van der Waals surface area contributed by atoms with Crippen LogP contribution in [0.25, 0.3) is 10.9 Å². The number of para-hydroxylation sites is 1. The maximum atomic E-state index is 11.1. The zero-order valence-corrected chi connectivity index (χ0v) is 18.1. The van der Waals surface area contributed by atoms with Gasteiger partial charge in [0.15, 0.2) is 0 Å². The number of aromatic amines is 1. The highest BCUT2D eigenvalue weighted by atomic mass is 16.5. The molecular weight excluding hydrogens is 392 g/mol. The molecule has 6 heteroatoms. The molecule has 0 bridgehead atoms. The van der Waals surface area contributed by atoms with Gasteiger partial charge >= 0.3 is 0 Å². The van der Waals surface area contributed by atoms with E-state index in [0.29, 0.717) is 13.0 Å². The molecule has 3 aromatic rings. The molecule has 1 saturated heterocycles. The molecule has 1 aromatic heterocycles. The molecule has 164 valence electrons. The number of methoxy groups -OCH3 is 1. The van der Waals surface area contributed by atoms with E-state index in [1.54, 1.807) is 7.11 Å². The molecule has 0 unspecified atom stereocenters. The van der Waals surface area contributed by atoms with Crippen LogP contribution in [0.15, 0.2) is 42.5 Å². The highest BCUT2D eigenvalue weighted by Gasteiger charge is 2.43. The third-order valence-electron chi connectivity index (χ3n) is 6.94. The highest BCUT2D eigenvalue weighted by Crippen LogP contribution is 2.44. The van der Waals surface area contributed by atoms with Gasteiger partial charge in [0.05, 0.1) is 19.3 Å². The second-order valence-electron chi connectivity index (χ2n) is 8.93. The molecule has 31 heavy (non-hydrogen) atoms. The van der Waals surface area contributed by atoms with Crippen molar-refractivity contribution in [3.05, 3.63) is 59.3 Å². The molecule has 1 fully saturated rings. The minimum absolute atomic E-state index is 0.320. The third kappa shape index (κ3) is 3.69. The van der Waals surface area contributed by atoms with Crippen molar-refractivity contribution in [3.8, 4) is 11.5 Å². The summed E-state index contributed by atoms with van der Waals surface area (Å²) in [5.41, 5.74) is 3.50. The normalized spacial score (nSPS) is 21.6. The second kappa shape index (κ2) is 7.86. The van der Waals surface area contributed by atoms with Crippen LogP contribution in [-0.4, -0.2) is 52.4 Å². The summed E-state index contributed by atoms with van der Waals surface area (Å²) >= 11 is 0. The summed E-state index contributed by atoms with van der Waals surface area (Å²) < 4.78 is 11.8. The predicted octanol–water partition coefficient (Wildman–Crippen LogP) is 3.87.